The average molecular weight is 306 g/mol. The molecule has 0 aliphatic carbocycles. The lowest BCUT2D eigenvalue weighted by molar-refractivity contribution is 0.198. The molecular formula is C15H22N4O3. The van der Waals surface area contributed by atoms with Crippen LogP contribution in [-0.2, 0) is 11.2 Å². The Morgan fingerprint density at radius 1 is 1.32 bits per heavy atom. The van der Waals surface area contributed by atoms with Gasteiger partial charge in [-0.3, -0.25) is 4.90 Å². The fourth-order valence-electron chi connectivity index (χ4n) is 2.36. The second kappa shape index (κ2) is 7.65. The number of nitrogens with zero attached hydrogens (tertiary/aromatic N) is 1. The van der Waals surface area contributed by atoms with Gasteiger partial charge in [0.2, 0.25) is 0 Å². The number of ether oxygens (including phenoxy) is 1. The van der Waals surface area contributed by atoms with Crippen molar-refractivity contribution in [2.75, 3.05) is 43.6 Å². The number of anilines is 2. The summed E-state index contributed by atoms with van der Waals surface area (Å²) in [6.45, 7) is 4.03. The van der Waals surface area contributed by atoms with E-state index in [0.29, 0.717) is 31.9 Å². The smallest absolute Gasteiger partial charge is 0.321 e. The predicted octanol–water partition coefficient (Wildman–Crippen LogP) is 1.55. The number of methoxy groups -OCH3 is 1. The van der Waals surface area contributed by atoms with Gasteiger partial charge in [-0.1, -0.05) is 6.07 Å². The maximum absolute atomic E-state index is 12.0. The number of carbonyl (C=O) groups is 2. The van der Waals surface area contributed by atoms with E-state index < -0.39 is 0 Å². The van der Waals surface area contributed by atoms with Crippen LogP contribution in [0.15, 0.2) is 18.2 Å². The third-order valence-electron chi connectivity index (χ3n) is 3.40. The van der Waals surface area contributed by atoms with Crippen LogP contribution in [0.1, 0.15) is 12.5 Å². The molecule has 120 valence electrons. The Hall–Kier alpha value is -2.28. The number of carbonyl (C=O) groups excluding carboxylic acids is 2. The van der Waals surface area contributed by atoms with Gasteiger partial charge >= 0.3 is 12.1 Å². The first kappa shape index (κ1) is 16.1. The van der Waals surface area contributed by atoms with Crippen LogP contribution in [0.25, 0.3) is 0 Å². The van der Waals surface area contributed by atoms with Gasteiger partial charge in [0, 0.05) is 32.4 Å². The highest BCUT2D eigenvalue weighted by Crippen LogP contribution is 2.30. The zero-order valence-corrected chi connectivity index (χ0v) is 12.9. The largest absolute Gasteiger partial charge is 0.383 e. The molecular weight excluding hydrogens is 284 g/mol. The second-order valence-corrected chi connectivity index (χ2v) is 4.95. The van der Waals surface area contributed by atoms with Crippen molar-refractivity contribution < 1.29 is 14.3 Å². The number of nitrogens with one attached hydrogen (secondary N) is 3. The Morgan fingerprint density at radius 3 is 2.86 bits per heavy atom. The minimum Gasteiger partial charge on any atom is -0.383 e. The fourth-order valence-corrected chi connectivity index (χ4v) is 2.36. The summed E-state index contributed by atoms with van der Waals surface area (Å²) in [6, 6.07) is 5.21. The first-order valence-electron chi connectivity index (χ1n) is 7.37. The number of urea groups is 2. The molecule has 4 amide bonds. The van der Waals surface area contributed by atoms with Gasteiger partial charge in [0.1, 0.15) is 0 Å². The van der Waals surface area contributed by atoms with Gasteiger partial charge < -0.3 is 20.7 Å². The van der Waals surface area contributed by atoms with Crippen molar-refractivity contribution in [1.29, 1.82) is 0 Å². The number of amides is 4. The normalized spacial score (nSPS) is 12.7. The van der Waals surface area contributed by atoms with E-state index in [1.807, 2.05) is 25.1 Å². The molecule has 3 N–H and O–H groups in total. The Labute approximate surface area is 130 Å². The van der Waals surface area contributed by atoms with Gasteiger partial charge in [-0.05, 0) is 31.0 Å². The highest BCUT2D eigenvalue weighted by Gasteiger charge is 2.24. The molecule has 0 saturated carbocycles. The third kappa shape index (κ3) is 3.88. The number of hydrogen-bond donors (Lipinski definition) is 3. The first-order valence-corrected chi connectivity index (χ1v) is 7.37. The molecule has 0 spiro atoms. The Balaban J connectivity index is 2.02. The SMILES string of the molecule is CCNC(=O)N1CCc2ccc(NC(=O)NCCOC)cc21. The Morgan fingerprint density at radius 2 is 2.14 bits per heavy atom. The monoisotopic (exact) mass is 306 g/mol. The van der Waals surface area contributed by atoms with Crippen molar-refractivity contribution in [1.82, 2.24) is 10.6 Å². The molecule has 0 bridgehead atoms. The van der Waals surface area contributed by atoms with Gasteiger partial charge in [0.05, 0.1) is 12.3 Å². The topological polar surface area (TPSA) is 82.7 Å². The summed E-state index contributed by atoms with van der Waals surface area (Å²) in [5.41, 5.74) is 2.61. The molecule has 1 aliphatic rings. The minimum atomic E-state index is -0.292. The second-order valence-electron chi connectivity index (χ2n) is 4.95. The van der Waals surface area contributed by atoms with Crippen LogP contribution in [0.2, 0.25) is 0 Å². The van der Waals surface area contributed by atoms with Gasteiger partial charge in [0.15, 0.2) is 0 Å². The van der Waals surface area contributed by atoms with Gasteiger partial charge in [-0.15, -0.1) is 0 Å². The number of hydrogen-bond acceptors (Lipinski definition) is 3. The van der Waals surface area contributed by atoms with Crippen LogP contribution in [0, 0.1) is 0 Å². The first-order chi connectivity index (χ1) is 10.7. The summed E-state index contributed by atoms with van der Waals surface area (Å²) in [6.07, 6.45) is 0.826. The molecule has 0 fully saturated rings. The lowest BCUT2D eigenvalue weighted by atomic mass is 10.1. The van der Waals surface area contributed by atoms with E-state index >= 15 is 0 Å². The molecule has 7 heteroatoms. The lowest BCUT2D eigenvalue weighted by Crippen LogP contribution is -2.38. The summed E-state index contributed by atoms with van der Waals surface area (Å²) in [7, 11) is 1.58. The maximum Gasteiger partial charge on any atom is 0.321 e. The van der Waals surface area contributed by atoms with E-state index in [1.165, 1.54) is 0 Å². The van der Waals surface area contributed by atoms with Crippen molar-refractivity contribution in [2.24, 2.45) is 0 Å². The fraction of sp³-hybridized carbons (Fsp3) is 0.467. The molecule has 0 unspecified atom stereocenters. The van der Waals surface area contributed by atoms with Crippen LogP contribution >= 0.6 is 0 Å². The highest BCUT2D eigenvalue weighted by molar-refractivity contribution is 5.96. The highest BCUT2D eigenvalue weighted by atomic mass is 16.5. The standard InChI is InChI=1S/C15H22N4O3/c1-3-16-15(21)19-8-6-11-4-5-12(10-13(11)19)18-14(20)17-7-9-22-2/h4-5,10H,3,6-9H2,1-2H3,(H,16,21)(H2,17,18,20). The molecule has 0 radical (unpaired) electrons. The van der Waals surface area contributed by atoms with Crippen molar-refractivity contribution in [3.63, 3.8) is 0 Å². The molecule has 0 saturated heterocycles. The number of fused-ring (bicyclic) bond motifs is 1. The average Bonchev–Trinajstić information content (AvgIpc) is 2.91. The molecule has 1 heterocycles. The van der Waals surface area contributed by atoms with Gasteiger partial charge in [-0.2, -0.15) is 0 Å². The van der Waals surface area contributed by atoms with Crippen molar-refractivity contribution >= 4 is 23.4 Å². The molecule has 1 aliphatic heterocycles. The molecule has 2 rings (SSSR count). The zero-order valence-electron chi connectivity index (χ0n) is 12.9. The van der Waals surface area contributed by atoms with E-state index in [-0.39, 0.29) is 12.1 Å². The molecule has 22 heavy (non-hydrogen) atoms. The Kier molecular flexibility index (Phi) is 5.60. The summed E-state index contributed by atoms with van der Waals surface area (Å²) in [4.78, 5) is 25.5. The van der Waals surface area contributed by atoms with Crippen molar-refractivity contribution in [3.05, 3.63) is 23.8 Å². The zero-order chi connectivity index (χ0) is 15.9. The van der Waals surface area contributed by atoms with Crippen LogP contribution in [0.3, 0.4) is 0 Å². The van der Waals surface area contributed by atoms with E-state index in [2.05, 4.69) is 16.0 Å². The number of rotatable bonds is 5. The minimum absolute atomic E-state index is 0.108. The molecule has 0 atom stereocenters. The molecule has 0 aromatic heterocycles. The molecule has 7 nitrogen and oxygen atoms in total. The van der Waals surface area contributed by atoms with E-state index in [4.69, 9.17) is 4.74 Å². The van der Waals surface area contributed by atoms with Crippen LogP contribution in [-0.4, -0.2) is 45.4 Å². The summed E-state index contributed by atoms with van der Waals surface area (Å²) >= 11 is 0. The molecule has 1 aromatic rings. The van der Waals surface area contributed by atoms with E-state index in [1.54, 1.807) is 12.0 Å². The number of benzene rings is 1. The van der Waals surface area contributed by atoms with E-state index in [0.717, 1.165) is 17.7 Å². The van der Waals surface area contributed by atoms with Crippen LogP contribution in [0.4, 0.5) is 21.0 Å². The lowest BCUT2D eigenvalue weighted by Gasteiger charge is -2.18. The van der Waals surface area contributed by atoms with Crippen LogP contribution < -0.4 is 20.9 Å². The Bertz CT molecular complexity index is 548. The molecule has 1 aromatic carbocycles. The maximum atomic E-state index is 12.0. The van der Waals surface area contributed by atoms with Gasteiger partial charge in [-0.25, -0.2) is 9.59 Å². The quantitative estimate of drug-likeness (QED) is 0.722. The predicted molar refractivity (Wildman–Crippen MR) is 85.5 cm³/mol. The van der Waals surface area contributed by atoms with Crippen molar-refractivity contribution in [3.8, 4) is 0 Å². The summed E-state index contributed by atoms with van der Waals surface area (Å²) in [5, 5.41) is 8.24. The summed E-state index contributed by atoms with van der Waals surface area (Å²) in [5.74, 6) is 0. The third-order valence-corrected chi connectivity index (χ3v) is 3.40. The van der Waals surface area contributed by atoms with E-state index in [9.17, 15) is 9.59 Å². The van der Waals surface area contributed by atoms with Crippen LogP contribution in [0.5, 0.6) is 0 Å². The summed E-state index contributed by atoms with van der Waals surface area (Å²) < 4.78 is 4.87. The van der Waals surface area contributed by atoms with Crippen molar-refractivity contribution in [2.45, 2.75) is 13.3 Å². The van der Waals surface area contributed by atoms with Gasteiger partial charge in [0.25, 0.3) is 0 Å².